The van der Waals surface area contributed by atoms with Crippen molar-refractivity contribution in [1.29, 1.82) is 0 Å². The molecule has 3 aromatic carbocycles. The number of amides is 2. The molecule has 0 aliphatic carbocycles. The minimum absolute atomic E-state index is 0.125. The molecule has 2 N–H and O–H groups in total. The second kappa shape index (κ2) is 11.7. The van der Waals surface area contributed by atoms with Crippen molar-refractivity contribution >= 4 is 52.6 Å². The molecule has 0 aliphatic rings. The van der Waals surface area contributed by atoms with Crippen LogP contribution in [0.2, 0.25) is 15.1 Å². The van der Waals surface area contributed by atoms with E-state index in [9.17, 15) is 14.4 Å². The van der Waals surface area contributed by atoms with Gasteiger partial charge in [0, 0.05) is 10.6 Å². The Bertz CT molecular complexity index is 1140. The fourth-order valence-electron chi connectivity index (χ4n) is 2.88. The van der Waals surface area contributed by atoms with Crippen molar-refractivity contribution in [2.24, 2.45) is 0 Å². The van der Waals surface area contributed by atoms with Gasteiger partial charge in [-0.3, -0.25) is 9.59 Å². The molecule has 0 aromatic heterocycles. The lowest BCUT2D eigenvalue weighted by Gasteiger charge is -2.19. The topological polar surface area (TPSA) is 84.5 Å². The molecule has 3 rings (SSSR count). The summed E-state index contributed by atoms with van der Waals surface area (Å²) in [6, 6.07) is 19.1. The van der Waals surface area contributed by atoms with E-state index in [0.29, 0.717) is 15.6 Å². The van der Waals surface area contributed by atoms with E-state index < -0.39 is 23.8 Å². The zero-order valence-electron chi connectivity index (χ0n) is 17.2. The Morgan fingerprint density at radius 3 is 2.15 bits per heavy atom. The van der Waals surface area contributed by atoms with Gasteiger partial charge in [0.1, 0.15) is 6.61 Å². The average molecular weight is 506 g/mol. The Labute approximate surface area is 205 Å². The molecule has 1 atom stereocenters. The maximum atomic E-state index is 12.5. The van der Waals surface area contributed by atoms with Crippen LogP contribution in [0.15, 0.2) is 72.8 Å². The summed E-state index contributed by atoms with van der Waals surface area (Å²) in [4.78, 5) is 37.1. The summed E-state index contributed by atoms with van der Waals surface area (Å²) in [6.07, 6.45) is 0. The van der Waals surface area contributed by atoms with Gasteiger partial charge in [0.25, 0.3) is 5.91 Å². The lowest BCUT2D eigenvalue weighted by atomic mass is 10.1. The lowest BCUT2D eigenvalue weighted by molar-refractivity contribution is -0.121. The maximum absolute atomic E-state index is 12.5. The first-order valence-electron chi connectivity index (χ1n) is 9.83. The second-order valence-corrected chi connectivity index (χ2v) is 8.20. The van der Waals surface area contributed by atoms with E-state index in [2.05, 4.69) is 10.6 Å². The Morgan fingerprint density at radius 1 is 0.818 bits per heavy atom. The molecule has 1 unspecified atom stereocenters. The van der Waals surface area contributed by atoms with Crippen molar-refractivity contribution in [3.05, 3.63) is 105 Å². The molecule has 0 spiro atoms. The molecule has 33 heavy (non-hydrogen) atoms. The third-order valence-corrected chi connectivity index (χ3v) is 5.58. The molecule has 9 heteroatoms. The maximum Gasteiger partial charge on any atom is 0.338 e. The highest BCUT2D eigenvalue weighted by molar-refractivity contribution is 6.42. The highest BCUT2D eigenvalue weighted by atomic mass is 35.5. The van der Waals surface area contributed by atoms with Crippen molar-refractivity contribution in [3.63, 3.8) is 0 Å². The van der Waals surface area contributed by atoms with Crippen LogP contribution < -0.4 is 10.6 Å². The highest BCUT2D eigenvalue weighted by Crippen LogP contribution is 2.23. The van der Waals surface area contributed by atoms with E-state index in [1.807, 2.05) is 6.07 Å². The van der Waals surface area contributed by atoms with Crippen molar-refractivity contribution in [3.8, 4) is 0 Å². The third kappa shape index (κ3) is 7.22. The average Bonchev–Trinajstić information content (AvgIpc) is 2.82. The number of carbonyl (C=O) groups excluding carboxylic acids is 3. The van der Waals surface area contributed by atoms with E-state index in [4.69, 9.17) is 39.5 Å². The summed E-state index contributed by atoms with van der Waals surface area (Å²) in [5.41, 5.74) is 1.34. The van der Waals surface area contributed by atoms with Crippen LogP contribution in [-0.4, -0.2) is 30.9 Å². The normalized spacial score (nSPS) is 11.4. The Kier molecular flexibility index (Phi) is 8.72. The summed E-state index contributed by atoms with van der Waals surface area (Å²) >= 11 is 17.7. The summed E-state index contributed by atoms with van der Waals surface area (Å²) in [7, 11) is 0. The van der Waals surface area contributed by atoms with Crippen molar-refractivity contribution in [2.45, 2.75) is 6.04 Å². The fraction of sp³-hybridized carbons (Fsp3) is 0.125. The number of rotatable bonds is 8. The van der Waals surface area contributed by atoms with Crippen LogP contribution in [-0.2, 0) is 9.53 Å². The first kappa shape index (κ1) is 24.6. The molecule has 0 fully saturated rings. The number of esters is 1. The molecular formula is C24H19Cl3N2O4. The number of benzene rings is 3. The molecule has 0 aliphatic heterocycles. The van der Waals surface area contributed by atoms with Crippen LogP contribution >= 0.6 is 34.8 Å². The number of halogens is 3. The molecule has 170 valence electrons. The Morgan fingerprint density at radius 2 is 1.48 bits per heavy atom. The largest absolute Gasteiger partial charge is 0.460 e. The minimum atomic E-state index is -0.627. The predicted molar refractivity (Wildman–Crippen MR) is 128 cm³/mol. The van der Waals surface area contributed by atoms with Crippen LogP contribution in [0.3, 0.4) is 0 Å². The summed E-state index contributed by atoms with van der Waals surface area (Å²) < 4.78 is 5.39. The van der Waals surface area contributed by atoms with E-state index >= 15 is 0 Å². The summed E-state index contributed by atoms with van der Waals surface area (Å²) in [5.74, 6) is -1.47. The van der Waals surface area contributed by atoms with Gasteiger partial charge < -0.3 is 15.4 Å². The van der Waals surface area contributed by atoms with Gasteiger partial charge >= 0.3 is 5.97 Å². The second-order valence-electron chi connectivity index (χ2n) is 6.95. The zero-order chi connectivity index (χ0) is 23.8. The summed E-state index contributed by atoms with van der Waals surface area (Å²) in [6.45, 7) is -0.383. The highest BCUT2D eigenvalue weighted by Gasteiger charge is 2.19. The van der Waals surface area contributed by atoms with Gasteiger partial charge in [-0.1, -0.05) is 65.1 Å². The number of carbonyl (C=O) groups is 3. The van der Waals surface area contributed by atoms with Gasteiger partial charge in [0.15, 0.2) is 0 Å². The smallest absolute Gasteiger partial charge is 0.338 e. The minimum Gasteiger partial charge on any atom is -0.460 e. The molecule has 0 saturated heterocycles. The fourth-order valence-corrected chi connectivity index (χ4v) is 3.31. The monoisotopic (exact) mass is 504 g/mol. The van der Waals surface area contributed by atoms with E-state index in [1.54, 1.807) is 48.5 Å². The van der Waals surface area contributed by atoms with Crippen LogP contribution in [0, 0.1) is 0 Å². The number of hydrogen-bond acceptors (Lipinski definition) is 4. The SMILES string of the molecule is O=C(CNC(=O)c1ccc(Cl)cc1)NC(COC(=O)c1ccc(Cl)c(Cl)c1)c1ccccc1. The standard InChI is InChI=1S/C24H19Cl3N2O4/c25-18-9-6-16(7-10-18)23(31)28-13-22(30)29-21(15-4-2-1-3-5-15)14-33-24(32)17-8-11-19(26)20(27)12-17/h1-12,21H,13-14H2,(H,28,31)(H,29,30). The first-order chi connectivity index (χ1) is 15.8. The van der Waals surface area contributed by atoms with Crippen molar-refractivity contribution in [2.75, 3.05) is 13.2 Å². The molecule has 0 bridgehead atoms. The van der Waals surface area contributed by atoms with Gasteiger partial charge in [-0.25, -0.2) is 4.79 Å². The predicted octanol–water partition coefficient (Wildman–Crippen LogP) is 5.09. The molecule has 2 amide bonds. The van der Waals surface area contributed by atoms with Gasteiger partial charge in [-0.15, -0.1) is 0 Å². The van der Waals surface area contributed by atoms with E-state index in [-0.39, 0.29) is 23.7 Å². The molecule has 0 saturated carbocycles. The number of nitrogens with one attached hydrogen (secondary N) is 2. The number of hydrogen-bond donors (Lipinski definition) is 2. The zero-order valence-corrected chi connectivity index (χ0v) is 19.5. The molecule has 6 nitrogen and oxygen atoms in total. The molecular weight excluding hydrogens is 487 g/mol. The van der Waals surface area contributed by atoms with Crippen LogP contribution in [0.1, 0.15) is 32.3 Å². The van der Waals surface area contributed by atoms with Crippen LogP contribution in [0.5, 0.6) is 0 Å². The van der Waals surface area contributed by atoms with Gasteiger partial charge in [-0.05, 0) is 48.0 Å². The first-order valence-corrected chi connectivity index (χ1v) is 11.0. The molecule has 0 radical (unpaired) electrons. The Balaban J connectivity index is 1.61. The van der Waals surface area contributed by atoms with Crippen LogP contribution in [0.4, 0.5) is 0 Å². The lowest BCUT2D eigenvalue weighted by Crippen LogP contribution is -2.40. The third-order valence-electron chi connectivity index (χ3n) is 4.59. The van der Waals surface area contributed by atoms with Crippen LogP contribution in [0.25, 0.3) is 0 Å². The van der Waals surface area contributed by atoms with Crippen molar-refractivity contribution in [1.82, 2.24) is 10.6 Å². The van der Waals surface area contributed by atoms with Gasteiger partial charge in [-0.2, -0.15) is 0 Å². The number of ether oxygens (including phenoxy) is 1. The molecule has 3 aromatic rings. The van der Waals surface area contributed by atoms with Gasteiger partial charge in [0.2, 0.25) is 5.91 Å². The van der Waals surface area contributed by atoms with E-state index in [0.717, 1.165) is 5.56 Å². The summed E-state index contributed by atoms with van der Waals surface area (Å²) in [5, 5.41) is 6.39. The quantitative estimate of drug-likeness (QED) is 0.418. The van der Waals surface area contributed by atoms with Gasteiger partial charge in [0.05, 0.1) is 28.2 Å². The van der Waals surface area contributed by atoms with E-state index in [1.165, 1.54) is 18.2 Å². The Hall–Kier alpha value is -3.06. The molecule has 0 heterocycles. The van der Waals surface area contributed by atoms with Crippen molar-refractivity contribution < 1.29 is 19.1 Å².